The molecule has 1 fully saturated rings. The van der Waals surface area contributed by atoms with Gasteiger partial charge in [-0.2, -0.15) is 0 Å². The normalized spacial score (nSPS) is 16.8. The molecule has 72 valence electrons. The number of hydrogen-bond acceptors (Lipinski definition) is 3. The lowest BCUT2D eigenvalue weighted by Crippen LogP contribution is -2.15. The fourth-order valence-corrected chi connectivity index (χ4v) is 2.28. The summed E-state index contributed by atoms with van der Waals surface area (Å²) in [5, 5.41) is 3.52. The summed E-state index contributed by atoms with van der Waals surface area (Å²) in [5.41, 5.74) is 3.23. The van der Waals surface area contributed by atoms with Crippen molar-refractivity contribution < 1.29 is 0 Å². The summed E-state index contributed by atoms with van der Waals surface area (Å²) in [7, 11) is 0. The molecule has 2 rings (SSSR count). The predicted molar refractivity (Wildman–Crippen MR) is 56.1 cm³/mol. The number of thiazole rings is 1. The number of nitrogens with zero attached hydrogens (tertiary/aromatic N) is 1. The molecule has 0 amide bonds. The van der Waals surface area contributed by atoms with Crippen LogP contribution in [-0.4, -0.2) is 11.0 Å². The molecule has 0 saturated heterocycles. The molecule has 0 atom stereocenters. The molecule has 0 unspecified atom stereocenters. The molecule has 0 aromatic carbocycles. The second kappa shape index (κ2) is 3.76. The van der Waals surface area contributed by atoms with Gasteiger partial charge >= 0.3 is 0 Å². The lowest BCUT2D eigenvalue weighted by Gasteiger charge is -2.05. The number of hydrogen-bond donors (Lipinski definition) is 1. The van der Waals surface area contributed by atoms with Crippen LogP contribution in [0.2, 0.25) is 0 Å². The van der Waals surface area contributed by atoms with Crippen LogP contribution in [0.25, 0.3) is 0 Å². The van der Waals surface area contributed by atoms with Crippen LogP contribution in [0.1, 0.15) is 43.2 Å². The van der Waals surface area contributed by atoms with Crippen molar-refractivity contribution in [3.05, 3.63) is 16.1 Å². The molecule has 1 aromatic rings. The Morgan fingerprint density at radius 1 is 1.62 bits per heavy atom. The highest BCUT2D eigenvalue weighted by Gasteiger charge is 2.21. The monoisotopic (exact) mass is 196 g/mol. The van der Waals surface area contributed by atoms with Crippen molar-refractivity contribution in [2.75, 3.05) is 0 Å². The maximum Gasteiger partial charge on any atom is 0.0798 e. The number of nitrogens with one attached hydrogen (secondary N) is 1. The molecule has 2 nitrogen and oxygen atoms in total. The van der Waals surface area contributed by atoms with E-state index in [9.17, 15) is 0 Å². The summed E-state index contributed by atoms with van der Waals surface area (Å²) in [5.74, 6) is 0.558. The Labute approximate surface area is 83.4 Å². The van der Waals surface area contributed by atoms with Crippen molar-refractivity contribution in [2.45, 2.75) is 45.2 Å². The molecule has 3 heteroatoms. The van der Waals surface area contributed by atoms with Crippen molar-refractivity contribution in [3.8, 4) is 0 Å². The zero-order valence-electron chi connectivity index (χ0n) is 8.21. The molecule has 1 N–H and O–H groups in total. The second-order valence-electron chi connectivity index (χ2n) is 3.97. The lowest BCUT2D eigenvalue weighted by molar-refractivity contribution is 0.681. The lowest BCUT2D eigenvalue weighted by atomic mass is 10.1. The third-order valence-electron chi connectivity index (χ3n) is 2.35. The number of rotatable bonds is 4. The van der Waals surface area contributed by atoms with E-state index in [0.717, 1.165) is 12.6 Å². The highest BCUT2D eigenvalue weighted by molar-refractivity contribution is 7.09. The Bertz CT molecular complexity index is 276. The first-order valence-corrected chi connectivity index (χ1v) is 5.81. The molecule has 13 heavy (non-hydrogen) atoms. The van der Waals surface area contributed by atoms with E-state index in [-0.39, 0.29) is 0 Å². The Kier molecular flexibility index (Phi) is 2.65. The maximum absolute atomic E-state index is 4.39. The standard InChI is InChI=1S/C10H16N2S/c1-7(2)10-9(13-6-12-10)5-11-8-3-4-8/h6-8,11H,3-5H2,1-2H3. The van der Waals surface area contributed by atoms with Crippen LogP contribution in [0.5, 0.6) is 0 Å². The molecular weight excluding hydrogens is 180 g/mol. The molecule has 1 aromatic heterocycles. The van der Waals surface area contributed by atoms with Gasteiger partial charge in [0, 0.05) is 17.5 Å². The second-order valence-corrected chi connectivity index (χ2v) is 4.91. The summed E-state index contributed by atoms with van der Waals surface area (Å²) in [6.45, 7) is 5.42. The van der Waals surface area contributed by atoms with Crippen molar-refractivity contribution in [2.24, 2.45) is 0 Å². The van der Waals surface area contributed by atoms with Crippen molar-refractivity contribution in [1.82, 2.24) is 10.3 Å². The first kappa shape index (κ1) is 9.16. The average Bonchev–Trinajstić information content (AvgIpc) is 2.79. The van der Waals surface area contributed by atoms with E-state index in [1.165, 1.54) is 23.4 Å². The molecule has 0 spiro atoms. The van der Waals surface area contributed by atoms with Gasteiger partial charge in [-0.1, -0.05) is 13.8 Å². The van der Waals surface area contributed by atoms with Gasteiger partial charge in [0.15, 0.2) is 0 Å². The quantitative estimate of drug-likeness (QED) is 0.800. The Balaban J connectivity index is 1.96. The van der Waals surface area contributed by atoms with Gasteiger partial charge in [0.25, 0.3) is 0 Å². The summed E-state index contributed by atoms with van der Waals surface area (Å²) < 4.78 is 0. The van der Waals surface area contributed by atoms with Crippen LogP contribution < -0.4 is 5.32 Å². The predicted octanol–water partition coefficient (Wildman–Crippen LogP) is 2.52. The summed E-state index contributed by atoms with van der Waals surface area (Å²) in [6, 6.07) is 0.794. The first-order valence-electron chi connectivity index (χ1n) is 4.93. The van der Waals surface area contributed by atoms with Crippen LogP contribution in [0.4, 0.5) is 0 Å². The smallest absolute Gasteiger partial charge is 0.0798 e. The Morgan fingerprint density at radius 2 is 2.38 bits per heavy atom. The number of aromatic nitrogens is 1. The van der Waals surface area contributed by atoms with Crippen LogP contribution in [0, 0.1) is 0 Å². The van der Waals surface area contributed by atoms with E-state index in [1.807, 2.05) is 5.51 Å². The Morgan fingerprint density at radius 3 is 3.00 bits per heavy atom. The minimum Gasteiger partial charge on any atom is -0.309 e. The summed E-state index contributed by atoms with van der Waals surface area (Å²) >= 11 is 1.77. The van der Waals surface area contributed by atoms with E-state index in [4.69, 9.17) is 0 Å². The van der Waals surface area contributed by atoms with Gasteiger partial charge in [-0.3, -0.25) is 0 Å². The van der Waals surface area contributed by atoms with Gasteiger partial charge in [-0.05, 0) is 18.8 Å². The van der Waals surface area contributed by atoms with Gasteiger partial charge in [0.2, 0.25) is 0 Å². The fraction of sp³-hybridized carbons (Fsp3) is 0.700. The summed E-state index contributed by atoms with van der Waals surface area (Å²) in [6.07, 6.45) is 2.71. The fourth-order valence-electron chi connectivity index (χ4n) is 1.41. The zero-order valence-corrected chi connectivity index (χ0v) is 9.03. The molecule has 1 aliphatic carbocycles. The summed E-state index contributed by atoms with van der Waals surface area (Å²) in [4.78, 5) is 5.81. The van der Waals surface area contributed by atoms with Crippen LogP contribution >= 0.6 is 11.3 Å². The largest absolute Gasteiger partial charge is 0.309 e. The van der Waals surface area contributed by atoms with Crippen molar-refractivity contribution in [1.29, 1.82) is 0 Å². The van der Waals surface area contributed by atoms with Gasteiger partial charge in [-0.25, -0.2) is 4.98 Å². The van der Waals surface area contributed by atoms with Crippen LogP contribution in [0.15, 0.2) is 5.51 Å². The molecule has 0 radical (unpaired) electrons. The Hall–Kier alpha value is -0.410. The van der Waals surface area contributed by atoms with E-state index < -0.39 is 0 Å². The van der Waals surface area contributed by atoms with Crippen LogP contribution in [-0.2, 0) is 6.54 Å². The van der Waals surface area contributed by atoms with E-state index in [0.29, 0.717) is 5.92 Å². The highest BCUT2D eigenvalue weighted by atomic mass is 32.1. The molecular formula is C10H16N2S. The third-order valence-corrected chi connectivity index (χ3v) is 3.20. The van der Waals surface area contributed by atoms with Gasteiger partial charge in [0.1, 0.15) is 0 Å². The molecule has 1 heterocycles. The first-order chi connectivity index (χ1) is 6.27. The average molecular weight is 196 g/mol. The zero-order chi connectivity index (χ0) is 9.26. The maximum atomic E-state index is 4.39. The van der Waals surface area contributed by atoms with E-state index in [2.05, 4.69) is 24.1 Å². The van der Waals surface area contributed by atoms with Crippen LogP contribution in [0.3, 0.4) is 0 Å². The van der Waals surface area contributed by atoms with Crippen molar-refractivity contribution in [3.63, 3.8) is 0 Å². The highest BCUT2D eigenvalue weighted by Crippen LogP contribution is 2.24. The van der Waals surface area contributed by atoms with Crippen molar-refractivity contribution >= 4 is 11.3 Å². The molecule has 0 bridgehead atoms. The SMILES string of the molecule is CC(C)c1ncsc1CNC1CC1. The topological polar surface area (TPSA) is 24.9 Å². The van der Waals surface area contributed by atoms with E-state index in [1.54, 1.807) is 11.3 Å². The third kappa shape index (κ3) is 2.29. The minimum absolute atomic E-state index is 0.558. The van der Waals surface area contributed by atoms with Gasteiger partial charge < -0.3 is 5.32 Å². The molecule has 0 aliphatic heterocycles. The molecule has 1 aliphatic rings. The van der Waals surface area contributed by atoms with Gasteiger partial charge in [-0.15, -0.1) is 11.3 Å². The van der Waals surface area contributed by atoms with Gasteiger partial charge in [0.05, 0.1) is 11.2 Å². The minimum atomic E-state index is 0.558. The molecule has 1 saturated carbocycles. The van der Waals surface area contributed by atoms with E-state index >= 15 is 0 Å².